The number of halogens is 2. The van der Waals surface area contributed by atoms with E-state index < -0.39 is 11.6 Å². The van der Waals surface area contributed by atoms with Crippen LogP contribution in [-0.2, 0) is 0 Å². The smallest absolute Gasteiger partial charge is 0.259 e. The van der Waals surface area contributed by atoms with Crippen LogP contribution in [0.4, 0.5) is 14.5 Å². The molecule has 0 aliphatic rings. The van der Waals surface area contributed by atoms with Gasteiger partial charge in [-0.2, -0.15) is 5.10 Å². The highest BCUT2D eigenvalue weighted by atomic mass is 19.1. The number of benzene rings is 2. The van der Waals surface area contributed by atoms with Crippen molar-refractivity contribution in [2.24, 2.45) is 0 Å². The van der Waals surface area contributed by atoms with Gasteiger partial charge in [0.2, 0.25) is 0 Å². The van der Waals surface area contributed by atoms with Crippen molar-refractivity contribution in [2.75, 3.05) is 5.32 Å². The van der Waals surface area contributed by atoms with Gasteiger partial charge in [0.05, 0.1) is 17.0 Å². The molecule has 0 bridgehead atoms. The molecular formula is C20H19F2N3O. The summed E-state index contributed by atoms with van der Waals surface area (Å²) in [4.78, 5) is 12.7. The number of nitrogens with one attached hydrogen (secondary N) is 1. The quantitative estimate of drug-likeness (QED) is 0.744. The van der Waals surface area contributed by atoms with Gasteiger partial charge >= 0.3 is 0 Å². The Morgan fingerprint density at radius 2 is 1.73 bits per heavy atom. The van der Waals surface area contributed by atoms with E-state index in [1.165, 1.54) is 10.7 Å². The van der Waals surface area contributed by atoms with Crippen LogP contribution in [0.5, 0.6) is 0 Å². The van der Waals surface area contributed by atoms with Crippen LogP contribution in [0.1, 0.15) is 32.9 Å². The number of hydrogen-bond acceptors (Lipinski definition) is 2. The minimum atomic E-state index is -0.739. The molecule has 1 amide bonds. The molecule has 134 valence electrons. The lowest BCUT2D eigenvalue weighted by Gasteiger charge is -2.09. The Morgan fingerprint density at radius 3 is 2.38 bits per heavy atom. The minimum Gasteiger partial charge on any atom is -0.322 e. The topological polar surface area (TPSA) is 46.9 Å². The molecule has 6 heteroatoms. The van der Waals surface area contributed by atoms with Crippen LogP contribution < -0.4 is 5.32 Å². The fourth-order valence-electron chi connectivity index (χ4n) is 2.87. The van der Waals surface area contributed by atoms with Gasteiger partial charge in [-0.15, -0.1) is 0 Å². The molecule has 1 aromatic heterocycles. The molecule has 0 aliphatic carbocycles. The lowest BCUT2D eigenvalue weighted by molar-refractivity contribution is 0.102. The second-order valence-electron chi connectivity index (χ2n) is 6.31. The highest BCUT2D eigenvalue weighted by Gasteiger charge is 2.21. The van der Waals surface area contributed by atoms with Crippen molar-refractivity contribution >= 4 is 11.6 Å². The Morgan fingerprint density at radius 1 is 1.00 bits per heavy atom. The maximum Gasteiger partial charge on any atom is 0.259 e. The predicted octanol–water partition coefficient (Wildman–Crippen LogP) is 4.64. The average Bonchev–Trinajstić information content (AvgIpc) is 2.85. The molecular weight excluding hydrogens is 336 g/mol. The molecule has 0 aliphatic heterocycles. The van der Waals surface area contributed by atoms with Crippen LogP contribution in [0.3, 0.4) is 0 Å². The van der Waals surface area contributed by atoms with Crippen LogP contribution in [0.15, 0.2) is 36.4 Å². The number of anilines is 1. The van der Waals surface area contributed by atoms with Gasteiger partial charge in [-0.1, -0.05) is 6.07 Å². The van der Waals surface area contributed by atoms with Crippen LogP contribution >= 0.6 is 0 Å². The van der Waals surface area contributed by atoms with Crippen LogP contribution in [0.2, 0.25) is 0 Å². The second-order valence-corrected chi connectivity index (χ2v) is 6.31. The Balaban J connectivity index is 1.97. The fourth-order valence-corrected chi connectivity index (χ4v) is 2.87. The number of carbonyl (C=O) groups is 1. The molecule has 2 aromatic carbocycles. The summed E-state index contributed by atoms with van der Waals surface area (Å²) >= 11 is 0. The first kappa shape index (κ1) is 17.8. The number of nitrogens with zero attached hydrogens (tertiary/aromatic N) is 2. The van der Waals surface area contributed by atoms with Crippen molar-refractivity contribution in [2.45, 2.75) is 27.7 Å². The standard InChI is InChI=1S/C20H19F2N3O/c1-11-5-7-16(9-12(11)2)23-20(26)19-13(3)24-25(14(19)4)18-8-6-15(21)10-17(18)22/h5-10H,1-4H3,(H,23,26). The number of amides is 1. The highest BCUT2D eigenvalue weighted by molar-refractivity contribution is 6.06. The van der Waals surface area contributed by atoms with E-state index in [-0.39, 0.29) is 11.6 Å². The summed E-state index contributed by atoms with van der Waals surface area (Å²) in [7, 11) is 0. The maximum atomic E-state index is 14.1. The molecule has 0 saturated heterocycles. The van der Waals surface area contributed by atoms with Crippen molar-refractivity contribution in [3.05, 3.63) is 76.1 Å². The number of hydrogen-bond donors (Lipinski definition) is 1. The van der Waals surface area contributed by atoms with Crippen LogP contribution in [-0.4, -0.2) is 15.7 Å². The third kappa shape index (κ3) is 3.22. The first-order chi connectivity index (χ1) is 12.3. The van der Waals surface area contributed by atoms with Gasteiger partial charge in [-0.05, 0) is 63.1 Å². The maximum absolute atomic E-state index is 14.1. The van der Waals surface area contributed by atoms with E-state index in [0.717, 1.165) is 23.3 Å². The molecule has 3 aromatic rings. The monoisotopic (exact) mass is 355 g/mol. The third-order valence-corrected chi connectivity index (χ3v) is 4.42. The summed E-state index contributed by atoms with van der Waals surface area (Å²) in [5.41, 5.74) is 4.29. The Kier molecular flexibility index (Phi) is 4.59. The Bertz CT molecular complexity index is 1010. The summed E-state index contributed by atoms with van der Waals surface area (Å²) in [5, 5.41) is 7.11. The summed E-state index contributed by atoms with van der Waals surface area (Å²) < 4.78 is 28.6. The lowest BCUT2D eigenvalue weighted by atomic mass is 10.1. The van der Waals surface area contributed by atoms with Gasteiger partial charge < -0.3 is 5.32 Å². The molecule has 0 atom stereocenters. The molecule has 26 heavy (non-hydrogen) atoms. The second kappa shape index (κ2) is 6.71. The van der Waals surface area contributed by atoms with Crippen molar-refractivity contribution < 1.29 is 13.6 Å². The molecule has 1 N–H and O–H groups in total. The largest absolute Gasteiger partial charge is 0.322 e. The number of aromatic nitrogens is 2. The van der Waals surface area contributed by atoms with E-state index in [0.29, 0.717) is 22.6 Å². The van der Waals surface area contributed by atoms with Crippen molar-refractivity contribution in [1.82, 2.24) is 9.78 Å². The molecule has 4 nitrogen and oxygen atoms in total. The number of rotatable bonds is 3. The van der Waals surface area contributed by atoms with Gasteiger partial charge in [0.1, 0.15) is 11.5 Å². The molecule has 0 radical (unpaired) electrons. The molecule has 0 unspecified atom stereocenters. The first-order valence-electron chi connectivity index (χ1n) is 8.18. The zero-order chi connectivity index (χ0) is 19.0. The van der Waals surface area contributed by atoms with Gasteiger partial charge in [-0.25, -0.2) is 13.5 Å². The normalized spacial score (nSPS) is 10.8. The van der Waals surface area contributed by atoms with Gasteiger partial charge in [0.15, 0.2) is 5.82 Å². The third-order valence-electron chi connectivity index (χ3n) is 4.42. The van der Waals surface area contributed by atoms with E-state index in [9.17, 15) is 13.6 Å². The van der Waals surface area contributed by atoms with E-state index in [1.807, 2.05) is 32.0 Å². The van der Waals surface area contributed by atoms with Gasteiger partial charge in [-0.3, -0.25) is 4.79 Å². The minimum absolute atomic E-state index is 0.0947. The van der Waals surface area contributed by atoms with Crippen LogP contribution in [0.25, 0.3) is 5.69 Å². The van der Waals surface area contributed by atoms with Gasteiger partial charge in [0, 0.05) is 11.8 Å². The van der Waals surface area contributed by atoms with Crippen LogP contribution in [0, 0.1) is 39.3 Å². The predicted molar refractivity (Wildman–Crippen MR) is 96.8 cm³/mol. The van der Waals surface area contributed by atoms with Crippen molar-refractivity contribution in [3.63, 3.8) is 0 Å². The van der Waals surface area contributed by atoms with Crippen molar-refractivity contribution in [3.8, 4) is 5.69 Å². The van der Waals surface area contributed by atoms with Gasteiger partial charge in [0.25, 0.3) is 5.91 Å². The summed E-state index contributed by atoms with van der Waals surface area (Å²) in [6.45, 7) is 7.33. The summed E-state index contributed by atoms with van der Waals surface area (Å²) in [5.74, 6) is -1.73. The molecule has 3 rings (SSSR count). The summed E-state index contributed by atoms with van der Waals surface area (Å²) in [6, 6.07) is 8.90. The zero-order valence-electron chi connectivity index (χ0n) is 15.0. The number of carbonyl (C=O) groups excluding carboxylic acids is 1. The molecule has 0 spiro atoms. The van der Waals surface area contributed by atoms with E-state index in [4.69, 9.17) is 0 Å². The van der Waals surface area contributed by atoms with E-state index >= 15 is 0 Å². The summed E-state index contributed by atoms with van der Waals surface area (Å²) in [6.07, 6.45) is 0. The van der Waals surface area contributed by atoms with E-state index in [1.54, 1.807) is 13.8 Å². The lowest BCUT2D eigenvalue weighted by Crippen LogP contribution is -2.14. The zero-order valence-corrected chi connectivity index (χ0v) is 15.0. The number of aryl methyl sites for hydroxylation is 3. The Hall–Kier alpha value is -3.02. The SMILES string of the molecule is Cc1ccc(NC(=O)c2c(C)nn(-c3ccc(F)cc3F)c2C)cc1C. The fraction of sp³-hybridized carbons (Fsp3) is 0.200. The van der Waals surface area contributed by atoms with E-state index in [2.05, 4.69) is 10.4 Å². The van der Waals surface area contributed by atoms with Crippen molar-refractivity contribution in [1.29, 1.82) is 0 Å². The average molecular weight is 355 g/mol. The first-order valence-corrected chi connectivity index (χ1v) is 8.18. The molecule has 0 saturated carbocycles. The Labute approximate surface area is 150 Å². The highest BCUT2D eigenvalue weighted by Crippen LogP contribution is 2.22. The molecule has 0 fully saturated rings. The molecule has 1 heterocycles.